The second-order valence-electron chi connectivity index (χ2n) is 9.63. The lowest BCUT2D eigenvalue weighted by Gasteiger charge is -2.44. The Hall–Kier alpha value is -4.50. The number of nitrogens with two attached hydrogens (primary N) is 1. The number of thioether (sulfide) groups is 1. The van der Waals surface area contributed by atoms with E-state index in [1.807, 2.05) is 5.32 Å². The van der Waals surface area contributed by atoms with E-state index in [0.29, 0.717) is 11.1 Å². The minimum absolute atomic E-state index is 0.130. The predicted molar refractivity (Wildman–Crippen MR) is 144 cm³/mol. The molecule has 0 radical (unpaired) electrons. The molecule has 4 amide bonds. The van der Waals surface area contributed by atoms with Crippen LogP contribution in [-0.2, 0) is 35.3 Å². The molecule has 4 N–H and O–H groups in total. The first-order chi connectivity index (χ1) is 19.4. The second kappa shape index (κ2) is 11.9. The van der Waals surface area contributed by atoms with Crippen molar-refractivity contribution in [3.05, 3.63) is 75.8 Å². The molecule has 0 bridgehead atoms. The molecule has 0 saturated carbocycles. The number of hydrogen-bond acceptors (Lipinski definition) is 11. The van der Waals surface area contributed by atoms with E-state index in [2.05, 4.69) is 5.32 Å². The molecule has 0 spiro atoms. The number of hydrogen-bond donors (Lipinski definition) is 3. The van der Waals surface area contributed by atoms with Gasteiger partial charge >= 0.3 is 12.1 Å². The van der Waals surface area contributed by atoms with Crippen LogP contribution in [0.15, 0.2) is 54.6 Å². The van der Waals surface area contributed by atoms with Crippen LogP contribution in [0.25, 0.3) is 0 Å². The number of alkyl carbamates (subject to hydrolysis) is 1. The molecular formula is C26H27N5O9S. The first-order valence-electron chi connectivity index (χ1n) is 12.4. The van der Waals surface area contributed by atoms with Gasteiger partial charge < -0.3 is 25.4 Å². The molecular weight excluding hydrogens is 558 g/mol. The highest BCUT2D eigenvalue weighted by atomic mass is 32.2. The van der Waals surface area contributed by atoms with E-state index in [9.17, 15) is 34.1 Å². The highest BCUT2D eigenvalue weighted by Gasteiger charge is 2.66. The number of nitro benzene ring substituents is 1. The number of benzene rings is 2. The summed E-state index contributed by atoms with van der Waals surface area (Å²) in [6, 6.07) is 10.7. The second-order valence-corrected chi connectivity index (χ2v) is 11.3. The smallest absolute Gasteiger partial charge is 0.413 e. The molecule has 2 fully saturated rings. The summed E-state index contributed by atoms with van der Waals surface area (Å²) in [7, 11) is 0. The lowest BCUT2D eigenvalue weighted by Crippen LogP contribution is -2.71. The molecule has 1 unspecified atom stereocenters. The Balaban J connectivity index is 1.49. The molecule has 216 valence electrons. The van der Waals surface area contributed by atoms with E-state index >= 15 is 0 Å². The molecule has 5 atom stereocenters. The molecule has 41 heavy (non-hydrogen) atoms. The van der Waals surface area contributed by atoms with Crippen LogP contribution < -0.4 is 16.4 Å². The number of imide groups is 1. The van der Waals surface area contributed by atoms with Gasteiger partial charge in [-0.1, -0.05) is 30.3 Å². The molecule has 15 heteroatoms. The van der Waals surface area contributed by atoms with Gasteiger partial charge in [-0.2, -0.15) is 0 Å². The number of non-ortho nitro benzene ring substituents is 1. The van der Waals surface area contributed by atoms with Crippen molar-refractivity contribution in [2.24, 2.45) is 5.73 Å². The summed E-state index contributed by atoms with van der Waals surface area (Å²) in [6.07, 6.45) is -1.03. The van der Waals surface area contributed by atoms with Crippen molar-refractivity contribution in [3.63, 3.8) is 0 Å². The standard InChI is InChI=1S/C26H27N5O9S/c1-14(32)28-25(36)40-13-26(2)20(24(35)39-12-15-8-10-17(11-9-15)31(37)38)30-22(34)19(23(30)41-26)29-21(33)18(27)16-6-4-3-5-7-16/h3-11,18-20,23H,12-13,27H2,1-2H3,(H,29,33)(H,28,32,36)/t18-,19-,20+,23?,26+/m1/s1. The van der Waals surface area contributed by atoms with Crippen molar-refractivity contribution in [1.29, 1.82) is 0 Å². The van der Waals surface area contributed by atoms with Gasteiger partial charge in [-0.3, -0.25) is 29.8 Å². The highest BCUT2D eigenvalue weighted by Crippen LogP contribution is 2.51. The zero-order valence-electron chi connectivity index (χ0n) is 22.0. The summed E-state index contributed by atoms with van der Waals surface area (Å²) in [4.78, 5) is 74.2. The number of nitrogens with zero attached hydrogens (tertiary/aromatic N) is 2. The minimum Gasteiger partial charge on any atom is -0.459 e. The van der Waals surface area contributed by atoms with E-state index in [1.165, 1.54) is 29.2 Å². The number of nitrogens with one attached hydrogen (secondary N) is 2. The number of fused-ring (bicyclic) bond motifs is 1. The number of esters is 1. The molecule has 0 aliphatic carbocycles. The van der Waals surface area contributed by atoms with Gasteiger partial charge in [-0.25, -0.2) is 9.59 Å². The summed E-state index contributed by atoms with van der Waals surface area (Å²) in [5.41, 5.74) is 6.96. The summed E-state index contributed by atoms with van der Waals surface area (Å²) < 4.78 is 9.42. The van der Waals surface area contributed by atoms with E-state index in [1.54, 1.807) is 37.3 Å². The van der Waals surface area contributed by atoms with Crippen LogP contribution in [0.2, 0.25) is 0 Å². The fourth-order valence-corrected chi connectivity index (χ4v) is 6.20. The lowest BCUT2D eigenvalue weighted by molar-refractivity contribution is -0.384. The number of β-lactam (4-membered cyclic amide) rings is 1. The lowest BCUT2D eigenvalue weighted by atomic mass is 9.94. The third-order valence-corrected chi connectivity index (χ3v) is 8.21. The number of carbonyl (C=O) groups excluding carboxylic acids is 5. The number of amides is 4. The highest BCUT2D eigenvalue weighted by molar-refractivity contribution is 8.01. The van der Waals surface area contributed by atoms with Crippen LogP contribution in [0, 0.1) is 10.1 Å². The van der Waals surface area contributed by atoms with E-state index in [4.69, 9.17) is 15.2 Å². The van der Waals surface area contributed by atoms with Crippen LogP contribution in [0.5, 0.6) is 0 Å². The van der Waals surface area contributed by atoms with Gasteiger partial charge in [-0.15, -0.1) is 11.8 Å². The quantitative estimate of drug-likeness (QED) is 0.165. The fraction of sp³-hybridized carbons (Fsp3) is 0.346. The summed E-state index contributed by atoms with van der Waals surface area (Å²) >= 11 is 1.13. The third-order valence-electron chi connectivity index (χ3n) is 6.58. The van der Waals surface area contributed by atoms with Crippen LogP contribution in [0.3, 0.4) is 0 Å². The molecule has 2 aromatic rings. The molecule has 2 aliphatic rings. The maximum atomic E-state index is 13.3. The average Bonchev–Trinajstić information content (AvgIpc) is 3.23. The maximum absolute atomic E-state index is 13.3. The zero-order chi connectivity index (χ0) is 29.9. The average molecular weight is 586 g/mol. The van der Waals surface area contributed by atoms with Crippen molar-refractivity contribution >= 4 is 47.2 Å². The Kier molecular flexibility index (Phi) is 8.58. The Morgan fingerprint density at radius 1 is 1.12 bits per heavy atom. The largest absolute Gasteiger partial charge is 0.459 e. The topological polar surface area (TPSA) is 200 Å². The van der Waals surface area contributed by atoms with Crippen LogP contribution in [0.1, 0.15) is 31.0 Å². The van der Waals surface area contributed by atoms with E-state index in [0.717, 1.165) is 18.7 Å². The zero-order valence-corrected chi connectivity index (χ0v) is 22.8. The van der Waals surface area contributed by atoms with Crippen LogP contribution >= 0.6 is 11.8 Å². The van der Waals surface area contributed by atoms with Gasteiger partial charge in [0, 0.05) is 19.1 Å². The molecule has 2 saturated heterocycles. The van der Waals surface area contributed by atoms with Gasteiger partial charge in [0.15, 0.2) is 0 Å². The van der Waals surface area contributed by atoms with Gasteiger partial charge in [-0.05, 0) is 30.2 Å². The van der Waals surface area contributed by atoms with Gasteiger partial charge in [0.05, 0.1) is 9.67 Å². The number of carbonyl (C=O) groups is 5. The normalized spacial score (nSPS) is 23.4. The van der Waals surface area contributed by atoms with Crippen molar-refractivity contribution < 1.29 is 38.4 Å². The fourth-order valence-electron chi connectivity index (χ4n) is 4.52. The Bertz CT molecular complexity index is 1370. The Labute approximate surface area is 238 Å². The van der Waals surface area contributed by atoms with Gasteiger partial charge in [0.2, 0.25) is 17.7 Å². The SMILES string of the molecule is CC(=O)NC(=O)OC[C@]1(C)SC2[C@H](NC(=O)[C@H](N)c3ccccc3)C(=O)N2[C@H]1C(=O)OCc1ccc([N+](=O)[O-])cc1. The molecule has 0 aromatic heterocycles. The Morgan fingerprint density at radius 3 is 2.39 bits per heavy atom. The molecule has 2 heterocycles. The third kappa shape index (κ3) is 6.30. The molecule has 4 rings (SSSR count). The summed E-state index contributed by atoms with van der Waals surface area (Å²) in [5, 5.41) is 14.8. The predicted octanol–water partition coefficient (Wildman–Crippen LogP) is 1.14. The van der Waals surface area contributed by atoms with Crippen molar-refractivity contribution in [1.82, 2.24) is 15.5 Å². The van der Waals surface area contributed by atoms with Crippen LogP contribution in [0.4, 0.5) is 10.5 Å². The van der Waals surface area contributed by atoms with Crippen molar-refractivity contribution in [2.75, 3.05) is 6.61 Å². The van der Waals surface area contributed by atoms with Crippen molar-refractivity contribution in [3.8, 4) is 0 Å². The Morgan fingerprint density at radius 2 is 1.78 bits per heavy atom. The van der Waals surface area contributed by atoms with Crippen LogP contribution in [-0.4, -0.2) is 68.4 Å². The van der Waals surface area contributed by atoms with Crippen molar-refractivity contribution in [2.45, 2.75) is 48.7 Å². The monoisotopic (exact) mass is 585 g/mol. The molecule has 2 aromatic carbocycles. The number of ether oxygens (including phenoxy) is 2. The number of rotatable bonds is 9. The minimum atomic E-state index is -1.22. The molecule has 2 aliphatic heterocycles. The molecule has 14 nitrogen and oxygen atoms in total. The summed E-state index contributed by atoms with van der Waals surface area (Å²) in [5.74, 6) is -2.59. The maximum Gasteiger partial charge on any atom is 0.413 e. The van der Waals surface area contributed by atoms with Gasteiger partial charge in [0.25, 0.3) is 5.69 Å². The summed E-state index contributed by atoms with van der Waals surface area (Å²) in [6.45, 7) is 2.11. The van der Waals surface area contributed by atoms with Gasteiger partial charge in [0.1, 0.15) is 36.7 Å². The van der Waals surface area contributed by atoms with E-state index in [-0.39, 0.29) is 18.9 Å². The number of nitro groups is 1. The first-order valence-corrected chi connectivity index (χ1v) is 13.2. The van der Waals surface area contributed by atoms with E-state index < -0.39 is 63.0 Å². The first kappa shape index (κ1) is 29.5.